The van der Waals surface area contributed by atoms with E-state index in [0.717, 1.165) is 10.8 Å². The fraction of sp³-hybridized carbons (Fsp3) is 0.167. The van der Waals surface area contributed by atoms with E-state index in [1.54, 1.807) is 11.3 Å². The van der Waals surface area contributed by atoms with Gasteiger partial charge >= 0.3 is 0 Å². The summed E-state index contributed by atoms with van der Waals surface area (Å²) in [6.45, 7) is 4.28. The Morgan fingerprint density at radius 2 is 1.57 bits per heavy atom. The van der Waals surface area contributed by atoms with E-state index in [2.05, 4.69) is 55.6 Å². The highest BCUT2D eigenvalue weighted by molar-refractivity contribution is 7.16. The summed E-state index contributed by atoms with van der Waals surface area (Å²) in [6.07, 6.45) is 0. The van der Waals surface area contributed by atoms with Gasteiger partial charge in [0.1, 0.15) is 0 Å². The van der Waals surface area contributed by atoms with Gasteiger partial charge in [-0.25, -0.2) is 4.98 Å². The molecule has 0 saturated carbocycles. The Morgan fingerprint density at radius 3 is 2.24 bits per heavy atom. The number of rotatable bonds is 4. The molecule has 1 atom stereocenters. The second kappa shape index (κ2) is 6.10. The molecular weight excluding hydrogens is 276 g/mol. The van der Waals surface area contributed by atoms with Crippen LogP contribution in [0, 0.1) is 6.92 Å². The highest BCUT2D eigenvalue weighted by atomic mass is 32.1. The molecule has 0 fully saturated rings. The molecule has 0 saturated heterocycles. The highest BCUT2D eigenvalue weighted by Crippen LogP contribution is 2.31. The van der Waals surface area contributed by atoms with E-state index < -0.39 is 0 Å². The minimum Gasteiger partial charge on any atom is -0.355 e. The first-order valence-electron chi connectivity index (χ1n) is 7.08. The Balaban J connectivity index is 1.82. The van der Waals surface area contributed by atoms with Crippen molar-refractivity contribution in [2.24, 2.45) is 0 Å². The largest absolute Gasteiger partial charge is 0.355 e. The maximum absolute atomic E-state index is 4.75. The second-order valence-electron chi connectivity index (χ2n) is 5.07. The Bertz CT molecular complexity index is 705. The Morgan fingerprint density at radius 1 is 0.952 bits per heavy atom. The van der Waals surface area contributed by atoms with E-state index in [-0.39, 0.29) is 6.04 Å². The maximum Gasteiger partial charge on any atom is 0.183 e. The number of benzene rings is 2. The van der Waals surface area contributed by atoms with Crippen LogP contribution in [0.5, 0.6) is 0 Å². The molecule has 21 heavy (non-hydrogen) atoms. The minimum atomic E-state index is 0.250. The van der Waals surface area contributed by atoms with Gasteiger partial charge in [0.05, 0.1) is 11.7 Å². The summed E-state index contributed by atoms with van der Waals surface area (Å²) in [7, 11) is 0. The first-order chi connectivity index (χ1) is 10.2. The normalized spacial score (nSPS) is 12.1. The molecule has 0 aliphatic rings. The highest BCUT2D eigenvalue weighted by Gasteiger charge is 2.12. The fourth-order valence-electron chi connectivity index (χ4n) is 2.33. The lowest BCUT2D eigenvalue weighted by atomic mass is 10.1. The molecule has 3 heteroatoms. The maximum atomic E-state index is 4.75. The molecule has 2 aromatic carbocycles. The molecule has 0 spiro atoms. The van der Waals surface area contributed by atoms with Crippen molar-refractivity contribution in [3.63, 3.8) is 0 Å². The molecule has 0 aliphatic carbocycles. The summed E-state index contributed by atoms with van der Waals surface area (Å²) in [5.74, 6) is 0. The number of anilines is 1. The molecule has 3 rings (SSSR count). The number of aromatic nitrogens is 1. The quantitative estimate of drug-likeness (QED) is 0.707. The van der Waals surface area contributed by atoms with Gasteiger partial charge in [-0.3, -0.25) is 0 Å². The van der Waals surface area contributed by atoms with Crippen LogP contribution in [-0.4, -0.2) is 4.98 Å². The molecule has 1 heterocycles. The average molecular weight is 294 g/mol. The van der Waals surface area contributed by atoms with E-state index in [0.29, 0.717) is 0 Å². The van der Waals surface area contributed by atoms with Crippen LogP contribution in [0.3, 0.4) is 0 Å². The number of nitrogens with one attached hydrogen (secondary N) is 1. The Hall–Kier alpha value is -2.13. The van der Waals surface area contributed by atoms with Gasteiger partial charge in [-0.05, 0) is 19.4 Å². The number of hydrogen-bond donors (Lipinski definition) is 1. The van der Waals surface area contributed by atoms with Gasteiger partial charge in [0.2, 0.25) is 0 Å². The third-order valence-corrected chi connectivity index (χ3v) is 4.39. The van der Waals surface area contributed by atoms with Gasteiger partial charge in [-0.1, -0.05) is 60.7 Å². The monoisotopic (exact) mass is 294 g/mol. The lowest BCUT2D eigenvalue weighted by Crippen LogP contribution is -2.05. The first kappa shape index (κ1) is 13.8. The minimum absolute atomic E-state index is 0.250. The molecule has 0 aliphatic heterocycles. The van der Waals surface area contributed by atoms with Gasteiger partial charge in [0.15, 0.2) is 5.13 Å². The Kier molecular flexibility index (Phi) is 4.02. The van der Waals surface area contributed by atoms with Crippen LogP contribution in [0.4, 0.5) is 5.13 Å². The summed E-state index contributed by atoms with van der Waals surface area (Å²) in [5.41, 5.74) is 3.52. The third-order valence-electron chi connectivity index (χ3n) is 3.48. The van der Waals surface area contributed by atoms with Crippen LogP contribution in [-0.2, 0) is 0 Å². The van der Waals surface area contributed by atoms with Crippen LogP contribution in [0.25, 0.3) is 11.3 Å². The van der Waals surface area contributed by atoms with Crippen molar-refractivity contribution >= 4 is 16.5 Å². The zero-order valence-corrected chi connectivity index (χ0v) is 13.0. The van der Waals surface area contributed by atoms with Crippen molar-refractivity contribution in [3.8, 4) is 11.3 Å². The summed E-state index contributed by atoms with van der Waals surface area (Å²) in [4.78, 5) is 5.99. The van der Waals surface area contributed by atoms with E-state index in [4.69, 9.17) is 4.98 Å². The fourth-order valence-corrected chi connectivity index (χ4v) is 3.26. The molecule has 0 radical (unpaired) electrons. The standard InChI is InChI=1S/C18H18N2S/c1-13(15-9-5-3-6-10-15)19-18-20-17(14(2)21-18)16-11-7-4-8-12-16/h3-13H,1-2H3,(H,19,20). The molecule has 2 nitrogen and oxygen atoms in total. The molecule has 3 aromatic rings. The molecule has 1 aromatic heterocycles. The topological polar surface area (TPSA) is 24.9 Å². The van der Waals surface area contributed by atoms with Crippen LogP contribution in [0.1, 0.15) is 23.4 Å². The number of aryl methyl sites for hydroxylation is 1. The molecule has 1 N–H and O–H groups in total. The van der Waals surface area contributed by atoms with Crippen molar-refractivity contribution in [1.82, 2.24) is 4.98 Å². The molecule has 106 valence electrons. The number of thiazole rings is 1. The van der Waals surface area contributed by atoms with Gasteiger partial charge in [0.25, 0.3) is 0 Å². The van der Waals surface area contributed by atoms with E-state index in [9.17, 15) is 0 Å². The van der Waals surface area contributed by atoms with Crippen molar-refractivity contribution in [2.45, 2.75) is 19.9 Å². The van der Waals surface area contributed by atoms with Crippen LogP contribution < -0.4 is 5.32 Å². The summed E-state index contributed by atoms with van der Waals surface area (Å²) in [6, 6.07) is 21.0. The van der Waals surface area contributed by atoms with Crippen molar-refractivity contribution in [3.05, 3.63) is 71.1 Å². The van der Waals surface area contributed by atoms with Crippen LogP contribution in [0.15, 0.2) is 60.7 Å². The second-order valence-corrected chi connectivity index (χ2v) is 6.27. The molecule has 0 amide bonds. The number of nitrogens with zero attached hydrogens (tertiary/aromatic N) is 1. The predicted molar refractivity (Wildman–Crippen MR) is 90.8 cm³/mol. The zero-order chi connectivity index (χ0) is 14.7. The van der Waals surface area contributed by atoms with Crippen molar-refractivity contribution in [2.75, 3.05) is 5.32 Å². The van der Waals surface area contributed by atoms with Gasteiger partial charge < -0.3 is 5.32 Å². The van der Waals surface area contributed by atoms with E-state index in [1.165, 1.54) is 16.0 Å². The van der Waals surface area contributed by atoms with Crippen LogP contribution >= 0.6 is 11.3 Å². The predicted octanol–water partition coefficient (Wildman–Crippen LogP) is 5.29. The van der Waals surface area contributed by atoms with Gasteiger partial charge in [0, 0.05) is 10.4 Å². The van der Waals surface area contributed by atoms with Gasteiger partial charge in [-0.2, -0.15) is 0 Å². The summed E-state index contributed by atoms with van der Waals surface area (Å²) >= 11 is 1.71. The SMILES string of the molecule is Cc1sc(NC(C)c2ccccc2)nc1-c1ccccc1. The lowest BCUT2D eigenvalue weighted by molar-refractivity contribution is 0.882. The molecule has 1 unspecified atom stereocenters. The number of hydrogen-bond acceptors (Lipinski definition) is 3. The first-order valence-corrected chi connectivity index (χ1v) is 7.90. The third kappa shape index (κ3) is 3.14. The van der Waals surface area contributed by atoms with E-state index >= 15 is 0 Å². The van der Waals surface area contributed by atoms with Gasteiger partial charge in [-0.15, -0.1) is 11.3 Å². The molecule has 0 bridgehead atoms. The average Bonchev–Trinajstić information content (AvgIpc) is 2.89. The summed E-state index contributed by atoms with van der Waals surface area (Å²) < 4.78 is 0. The summed E-state index contributed by atoms with van der Waals surface area (Å²) in [5, 5.41) is 4.47. The smallest absolute Gasteiger partial charge is 0.183 e. The van der Waals surface area contributed by atoms with Crippen molar-refractivity contribution in [1.29, 1.82) is 0 Å². The lowest BCUT2D eigenvalue weighted by Gasteiger charge is -2.12. The molecular formula is C18H18N2S. The zero-order valence-electron chi connectivity index (χ0n) is 12.2. The van der Waals surface area contributed by atoms with Crippen molar-refractivity contribution < 1.29 is 0 Å². The Labute approximate surface area is 129 Å². The van der Waals surface area contributed by atoms with E-state index in [1.807, 2.05) is 24.3 Å². The van der Waals surface area contributed by atoms with Crippen LogP contribution in [0.2, 0.25) is 0 Å².